The first-order valence-electron chi connectivity index (χ1n) is 3.82. The largest absolute Gasteiger partial charge is 0.377 e. The molecule has 84 valence electrons. The van der Waals surface area contributed by atoms with Crippen molar-refractivity contribution in [2.75, 3.05) is 18.5 Å². The molecule has 0 saturated carbocycles. The highest BCUT2D eigenvalue weighted by Crippen LogP contribution is 2.26. The van der Waals surface area contributed by atoms with Gasteiger partial charge in [-0.05, 0) is 0 Å². The highest BCUT2D eigenvalue weighted by molar-refractivity contribution is 5.47. The molecular formula is C8H5F6N. The van der Waals surface area contributed by atoms with Crippen molar-refractivity contribution in [3.63, 3.8) is 0 Å². The number of anilines is 1. The van der Waals surface area contributed by atoms with Crippen LogP contribution in [0.4, 0.5) is 32.0 Å². The zero-order valence-electron chi connectivity index (χ0n) is 7.18. The van der Waals surface area contributed by atoms with Crippen LogP contribution in [0, 0.1) is 29.1 Å². The first-order valence-corrected chi connectivity index (χ1v) is 3.82. The third kappa shape index (κ3) is 2.00. The van der Waals surface area contributed by atoms with Gasteiger partial charge in [0, 0.05) is 6.54 Å². The smallest absolute Gasteiger partial charge is 0.200 e. The topological polar surface area (TPSA) is 12.0 Å². The quantitative estimate of drug-likeness (QED) is 0.477. The molecule has 0 bridgehead atoms. The van der Waals surface area contributed by atoms with E-state index in [1.807, 2.05) is 0 Å². The molecule has 7 heteroatoms. The van der Waals surface area contributed by atoms with Gasteiger partial charge in [-0.15, -0.1) is 0 Å². The van der Waals surface area contributed by atoms with Gasteiger partial charge in [-0.2, -0.15) is 0 Å². The molecule has 0 spiro atoms. The van der Waals surface area contributed by atoms with Crippen molar-refractivity contribution in [1.82, 2.24) is 0 Å². The van der Waals surface area contributed by atoms with Gasteiger partial charge in [0.05, 0.1) is 0 Å². The summed E-state index contributed by atoms with van der Waals surface area (Å²) in [4.78, 5) is 0. The van der Waals surface area contributed by atoms with Crippen LogP contribution in [-0.2, 0) is 0 Å². The number of benzene rings is 1. The Balaban J connectivity index is 3.26. The lowest BCUT2D eigenvalue weighted by molar-refractivity contribution is 0.381. The molecule has 1 N–H and O–H groups in total. The van der Waals surface area contributed by atoms with Crippen molar-refractivity contribution in [3.8, 4) is 0 Å². The molecule has 0 aliphatic heterocycles. The minimum atomic E-state index is -2.24. The molecule has 0 fully saturated rings. The molecule has 0 aliphatic rings. The van der Waals surface area contributed by atoms with Gasteiger partial charge in [0.2, 0.25) is 5.82 Å². The van der Waals surface area contributed by atoms with Crippen molar-refractivity contribution < 1.29 is 26.3 Å². The van der Waals surface area contributed by atoms with Crippen LogP contribution in [0.15, 0.2) is 0 Å². The van der Waals surface area contributed by atoms with E-state index in [0.29, 0.717) is 0 Å². The zero-order valence-corrected chi connectivity index (χ0v) is 7.18. The van der Waals surface area contributed by atoms with Crippen LogP contribution in [0.3, 0.4) is 0 Å². The molecule has 0 radical (unpaired) electrons. The second-order valence-corrected chi connectivity index (χ2v) is 2.56. The van der Waals surface area contributed by atoms with E-state index in [2.05, 4.69) is 0 Å². The molecule has 0 aromatic heterocycles. The summed E-state index contributed by atoms with van der Waals surface area (Å²) in [5, 5.41) is 1.77. The monoisotopic (exact) mass is 229 g/mol. The van der Waals surface area contributed by atoms with Gasteiger partial charge in [0.25, 0.3) is 0 Å². The van der Waals surface area contributed by atoms with Crippen LogP contribution in [0.5, 0.6) is 0 Å². The minimum Gasteiger partial charge on any atom is -0.377 e. The maximum absolute atomic E-state index is 12.8. The van der Waals surface area contributed by atoms with E-state index in [9.17, 15) is 26.3 Å². The molecule has 0 unspecified atom stereocenters. The van der Waals surface area contributed by atoms with E-state index in [1.165, 1.54) is 0 Å². The van der Waals surface area contributed by atoms with Crippen LogP contribution in [-0.4, -0.2) is 13.2 Å². The van der Waals surface area contributed by atoms with E-state index in [0.717, 1.165) is 0 Å². The van der Waals surface area contributed by atoms with Crippen LogP contribution < -0.4 is 5.32 Å². The Bertz CT molecular complexity index is 349. The standard InChI is InChI=1S/C8H5F6N/c9-1-2-15-8-6(13)4(11)3(10)5(12)7(8)14/h15H,1-2H2. The normalized spacial score (nSPS) is 10.5. The Labute approximate surface area is 80.7 Å². The average molecular weight is 229 g/mol. The number of nitrogens with one attached hydrogen (secondary N) is 1. The first-order chi connectivity index (χ1) is 7.00. The van der Waals surface area contributed by atoms with Gasteiger partial charge >= 0.3 is 0 Å². The van der Waals surface area contributed by atoms with Crippen LogP contribution >= 0.6 is 0 Å². The van der Waals surface area contributed by atoms with Crippen molar-refractivity contribution in [2.45, 2.75) is 0 Å². The van der Waals surface area contributed by atoms with Gasteiger partial charge in [0.15, 0.2) is 23.3 Å². The maximum atomic E-state index is 12.8. The number of alkyl halides is 1. The summed E-state index contributed by atoms with van der Waals surface area (Å²) in [5.41, 5.74) is -1.22. The predicted molar refractivity (Wildman–Crippen MR) is 40.7 cm³/mol. The summed E-state index contributed by atoms with van der Waals surface area (Å²) < 4.78 is 74.9. The van der Waals surface area contributed by atoms with Gasteiger partial charge in [-0.25, -0.2) is 26.3 Å². The summed E-state index contributed by atoms with van der Waals surface area (Å²) in [6, 6.07) is 0. The van der Waals surface area contributed by atoms with Gasteiger partial charge < -0.3 is 5.32 Å². The molecule has 1 aromatic carbocycles. The molecule has 0 amide bonds. The Morgan fingerprint density at radius 3 is 1.53 bits per heavy atom. The second-order valence-electron chi connectivity index (χ2n) is 2.56. The van der Waals surface area contributed by atoms with Crippen LogP contribution in [0.2, 0.25) is 0 Å². The Hall–Kier alpha value is -1.40. The van der Waals surface area contributed by atoms with E-state index in [-0.39, 0.29) is 0 Å². The third-order valence-corrected chi connectivity index (χ3v) is 1.61. The van der Waals surface area contributed by atoms with Gasteiger partial charge in [-0.1, -0.05) is 0 Å². The summed E-state index contributed by atoms with van der Waals surface area (Å²) in [7, 11) is 0. The average Bonchev–Trinajstić information content (AvgIpc) is 2.24. The van der Waals surface area contributed by atoms with Crippen LogP contribution in [0.25, 0.3) is 0 Å². The van der Waals surface area contributed by atoms with Crippen molar-refractivity contribution in [1.29, 1.82) is 0 Å². The SMILES string of the molecule is FCCNc1c(F)c(F)c(F)c(F)c1F. The van der Waals surface area contributed by atoms with Crippen molar-refractivity contribution in [2.24, 2.45) is 0 Å². The molecule has 0 saturated heterocycles. The van der Waals surface area contributed by atoms with Crippen molar-refractivity contribution >= 4 is 5.69 Å². The summed E-state index contributed by atoms with van der Waals surface area (Å²) in [6.07, 6.45) is 0. The van der Waals surface area contributed by atoms with Gasteiger partial charge in [-0.3, -0.25) is 0 Å². The fourth-order valence-corrected chi connectivity index (χ4v) is 0.932. The van der Waals surface area contributed by atoms with E-state index in [4.69, 9.17) is 0 Å². The first kappa shape index (κ1) is 11.7. The number of hydrogen-bond donors (Lipinski definition) is 1. The lowest BCUT2D eigenvalue weighted by Crippen LogP contribution is -2.11. The molecule has 0 aliphatic carbocycles. The Morgan fingerprint density at radius 2 is 1.13 bits per heavy atom. The molecule has 0 heterocycles. The fourth-order valence-electron chi connectivity index (χ4n) is 0.932. The molecule has 1 nitrogen and oxygen atoms in total. The molecule has 15 heavy (non-hydrogen) atoms. The third-order valence-electron chi connectivity index (χ3n) is 1.61. The molecule has 0 atom stereocenters. The van der Waals surface area contributed by atoms with E-state index in [1.54, 1.807) is 5.32 Å². The Kier molecular flexibility index (Phi) is 3.43. The minimum absolute atomic E-state index is 0.543. The summed E-state index contributed by atoms with van der Waals surface area (Å²) in [6.45, 7) is -1.54. The number of halogens is 6. The van der Waals surface area contributed by atoms with E-state index < -0.39 is 48.0 Å². The lowest BCUT2D eigenvalue weighted by atomic mass is 10.2. The number of hydrogen-bond acceptors (Lipinski definition) is 1. The molecule has 1 aromatic rings. The maximum Gasteiger partial charge on any atom is 0.200 e. The molecule has 1 rings (SSSR count). The van der Waals surface area contributed by atoms with Crippen LogP contribution in [0.1, 0.15) is 0 Å². The summed E-state index contributed by atoms with van der Waals surface area (Å²) in [5.74, 6) is -10.4. The highest BCUT2D eigenvalue weighted by Gasteiger charge is 2.25. The highest BCUT2D eigenvalue weighted by atomic mass is 19.2. The lowest BCUT2D eigenvalue weighted by Gasteiger charge is -2.08. The van der Waals surface area contributed by atoms with Crippen molar-refractivity contribution in [3.05, 3.63) is 29.1 Å². The fraction of sp³-hybridized carbons (Fsp3) is 0.250. The van der Waals surface area contributed by atoms with E-state index >= 15 is 0 Å². The summed E-state index contributed by atoms with van der Waals surface area (Å²) >= 11 is 0. The van der Waals surface area contributed by atoms with Gasteiger partial charge in [0.1, 0.15) is 12.4 Å². The number of rotatable bonds is 3. The zero-order chi connectivity index (χ0) is 11.6. The second kappa shape index (κ2) is 4.41. The molecular weight excluding hydrogens is 224 g/mol. The Morgan fingerprint density at radius 1 is 0.733 bits per heavy atom. The predicted octanol–water partition coefficient (Wildman–Crippen LogP) is 2.76.